The second-order valence-electron chi connectivity index (χ2n) is 6.79. The molecule has 0 saturated heterocycles. The zero-order valence-electron chi connectivity index (χ0n) is 17.1. The standard InChI is InChI=1S/C23H22N2O5S/c1-16-12-13-18(14-20(16)23(27)30-2)31(28,29)25-21-11-7-6-10-19(21)22(26)24-15-17-8-4-3-5-9-17/h3-14,25H,15H2,1-2H3,(H,24,26). The van der Waals surface area contributed by atoms with E-state index in [1.807, 2.05) is 30.3 Å². The monoisotopic (exact) mass is 438 g/mol. The van der Waals surface area contributed by atoms with E-state index >= 15 is 0 Å². The van der Waals surface area contributed by atoms with E-state index in [1.54, 1.807) is 19.1 Å². The number of aryl methyl sites for hydroxylation is 1. The average molecular weight is 439 g/mol. The van der Waals surface area contributed by atoms with Crippen LogP contribution in [0, 0.1) is 6.92 Å². The molecule has 0 atom stereocenters. The molecule has 160 valence electrons. The van der Waals surface area contributed by atoms with Crippen LogP contribution in [-0.2, 0) is 21.3 Å². The summed E-state index contributed by atoms with van der Waals surface area (Å²) in [6.45, 7) is 1.99. The first-order valence-corrected chi connectivity index (χ1v) is 10.9. The summed E-state index contributed by atoms with van der Waals surface area (Å²) in [5.41, 5.74) is 1.98. The Labute approximate surface area is 181 Å². The number of ether oxygens (including phenoxy) is 1. The molecule has 0 aromatic heterocycles. The molecule has 0 aliphatic rings. The fraction of sp³-hybridized carbons (Fsp3) is 0.130. The minimum absolute atomic E-state index is 0.113. The molecule has 3 aromatic carbocycles. The summed E-state index contributed by atoms with van der Waals surface area (Å²) in [7, 11) is -2.83. The highest BCUT2D eigenvalue weighted by molar-refractivity contribution is 7.92. The van der Waals surface area contributed by atoms with Crippen molar-refractivity contribution < 1.29 is 22.7 Å². The van der Waals surface area contributed by atoms with E-state index < -0.39 is 21.9 Å². The number of amides is 1. The first-order valence-electron chi connectivity index (χ1n) is 9.45. The number of para-hydroxylation sites is 1. The lowest BCUT2D eigenvalue weighted by Crippen LogP contribution is -2.25. The van der Waals surface area contributed by atoms with E-state index in [4.69, 9.17) is 4.74 Å². The predicted octanol–water partition coefficient (Wildman–Crippen LogP) is 3.51. The average Bonchev–Trinajstić information content (AvgIpc) is 2.78. The lowest BCUT2D eigenvalue weighted by Gasteiger charge is -2.14. The molecular formula is C23H22N2O5S. The molecule has 3 rings (SSSR count). The van der Waals surface area contributed by atoms with Crippen molar-refractivity contribution in [1.29, 1.82) is 0 Å². The molecule has 0 aliphatic heterocycles. The first kappa shape index (κ1) is 22.0. The maximum absolute atomic E-state index is 12.9. The van der Waals surface area contributed by atoms with Crippen molar-refractivity contribution in [1.82, 2.24) is 5.32 Å². The third-order valence-corrected chi connectivity index (χ3v) is 6.00. The van der Waals surface area contributed by atoms with Crippen molar-refractivity contribution in [2.45, 2.75) is 18.4 Å². The van der Waals surface area contributed by atoms with Crippen LogP contribution in [0.2, 0.25) is 0 Å². The molecule has 3 aromatic rings. The van der Waals surface area contributed by atoms with Gasteiger partial charge in [-0.1, -0.05) is 48.5 Å². The van der Waals surface area contributed by atoms with Crippen LogP contribution in [0.15, 0.2) is 77.7 Å². The normalized spacial score (nSPS) is 10.9. The summed E-state index contributed by atoms with van der Waals surface area (Å²) in [6.07, 6.45) is 0. The molecule has 2 N–H and O–H groups in total. The second-order valence-corrected chi connectivity index (χ2v) is 8.47. The van der Waals surface area contributed by atoms with E-state index in [-0.39, 0.29) is 21.7 Å². The van der Waals surface area contributed by atoms with Gasteiger partial charge in [0.25, 0.3) is 15.9 Å². The number of methoxy groups -OCH3 is 1. The van der Waals surface area contributed by atoms with Gasteiger partial charge in [0, 0.05) is 6.54 Å². The van der Waals surface area contributed by atoms with Gasteiger partial charge in [-0.3, -0.25) is 9.52 Å². The summed E-state index contributed by atoms with van der Waals surface area (Å²) in [5.74, 6) is -1.04. The minimum atomic E-state index is -4.06. The molecule has 1 amide bonds. The SMILES string of the molecule is COC(=O)c1cc(S(=O)(=O)Nc2ccccc2C(=O)NCc2ccccc2)ccc1C. The van der Waals surface area contributed by atoms with Crippen LogP contribution in [0.5, 0.6) is 0 Å². The Morgan fingerprint density at radius 1 is 0.903 bits per heavy atom. The molecule has 0 spiro atoms. The Balaban J connectivity index is 1.84. The number of carbonyl (C=O) groups excluding carboxylic acids is 2. The largest absolute Gasteiger partial charge is 0.465 e. The molecule has 0 bridgehead atoms. The van der Waals surface area contributed by atoms with Crippen LogP contribution in [0.1, 0.15) is 31.8 Å². The molecule has 0 saturated carbocycles. The van der Waals surface area contributed by atoms with Gasteiger partial charge in [0.15, 0.2) is 0 Å². The molecule has 8 heteroatoms. The highest BCUT2D eigenvalue weighted by Crippen LogP contribution is 2.22. The van der Waals surface area contributed by atoms with Gasteiger partial charge in [0.1, 0.15) is 0 Å². The molecule has 0 fully saturated rings. The summed E-state index contributed by atoms with van der Waals surface area (Å²) in [4.78, 5) is 24.5. The van der Waals surface area contributed by atoms with Gasteiger partial charge in [0.05, 0.1) is 28.8 Å². The number of carbonyl (C=O) groups is 2. The number of hydrogen-bond acceptors (Lipinski definition) is 5. The Kier molecular flexibility index (Phi) is 6.71. The van der Waals surface area contributed by atoms with E-state index in [0.717, 1.165) is 5.56 Å². The number of nitrogens with one attached hydrogen (secondary N) is 2. The van der Waals surface area contributed by atoms with Gasteiger partial charge in [-0.25, -0.2) is 13.2 Å². The smallest absolute Gasteiger partial charge is 0.338 e. The summed E-state index contributed by atoms with van der Waals surface area (Å²) in [5, 5.41) is 2.79. The molecule has 7 nitrogen and oxygen atoms in total. The topological polar surface area (TPSA) is 102 Å². The van der Waals surface area contributed by atoms with E-state index in [0.29, 0.717) is 12.1 Å². The van der Waals surface area contributed by atoms with Gasteiger partial charge in [-0.2, -0.15) is 0 Å². The molecule has 0 heterocycles. The minimum Gasteiger partial charge on any atom is -0.465 e. The third-order valence-electron chi connectivity index (χ3n) is 4.64. The summed E-state index contributed by atoms with van der Waals surface area (Å²) >= 11 is 0. The Morgan fingerprint density at radius 2 is 1.58 bits per heavy atom. The number of sulfonamides is 1. The Hall–Kier alpha value is -3.65. The second kappa shape index (κ2) is 9.44. The molecule has 31 heavy (non-hydrogen) atoms. The fourth-order valence-corrected chi connectivity index (χ4v) is 4.05. The van der Waals surface area contributed by atoms with Crippen LogP contribution in [-0.4, -0.2) is 27.4 Å². The zero-order chi connectivity index (χ0) is 22.4. The molecule has 0 unspecified atom stereocenters. The highest BCUT2D eigenvalue weighted by atomic mass is 32.2. The van der Waals surface area contributed by atoms with Gasteiger partial charge in [-0.15, -0.1) is 0 Å². The van der Waals surface area contributed by atoms with Crippen LogP contribution >= 0.6 is 0 Å². The van der Waals surface area contributed by atoms with Crippen molar-refractivity contribution in [2.75, 3.05) is 11.8 Å². The Morgan fingerprint density at radius 3 is 2.29 bits per heavy atom. The van der Waals surface area contributed by atoms with Crippen molar-refractivity contribution in [2.24, 2.45) is 0 Å². The number of benzene rings is 3. The summed E-state index contributed by atoms with van der Waals surface area (Å²) in [6, 6.07) is 19.9. The van der Waals surface area contributed by atoms with E-state index in [2.05, 4.69) is 10.0 Å². The van der Waals surface area contributed by atoms with E-state index in [1.165, 1.54) is 37.4 Å². The van der Waals surface area contributed by atoms with Crippen molar-refractivity contribution in [3.05, 3.63) is 95.1 Å². The van der Waals surface area contributed by atoms with Crippen molar-refractivity contribution >= 4 is 27.6 Å². The Bertz CT molecular complexity index is 1210. The van der Waals surface area contributed by atoms with Gasteiger partial charge in [0.2, 0.25) is 0 Å². The maximum atomic E-state index is 12.9. The predicted molar refractivity (Wildman–Crippen MR) is 117 cm³/mol. The number of anilines is 1. The number of esters is 1. The van der Waals surface area contributed by atoms with Gasteiger partial charge >= 0.3 is 5.97 Å². The number of rotatable bonds is 7. The van der Waals surface area contributed by atoms with Crippen LogP contribution in [0.3, 0.4) is 0 Å². The van der Waals surface area contributed by atoms with Crippen LogP contribution in [0.4, 0.5) is 5.69 Å². The van der Waals surface area contributed by atoms with Crippen LogP contribution in [0.25, 0.3) is 0 Å². The van der Waals surface area contributed by atoms with Crippen molar-refractivity contribution in [3.63, 3.8) is 0 Å². The number of hydrogen-bond donors (Lipinski definition) is 2. The molecule has 0 radical (unpaired) electrons. The summed E-state index contributed by atoms with van der Waals surface area (Å²) < 4.78 is 33.0. The van der Waals surface area contributed by atoms with Crippen molar-refractivity contribution in [3.8, 4) is 0 Å². The fourth-order valence-electron chi connectivity index (χ4n) is 2.95. The third kappa shape index (κ3) is 5.29. The lowest BCUT2D eigenvalue weighted by atomic mass is 10.1. The quantitative estimate of drug-likeness (QED) is 0.550. The first-order chi connectivity index (χ1) is 14.8. The molecule has 0 aliphatic carbocycles. The van der Waals surface area contributed by atoms with Gasteiger partial charge in [-0.05, 0) is 42.3 Å². The van der Waals surface area contributed by atoms with Gasteiger partial charge < -0.3 is 10.1 Å². The van der Waals surface area contributed by atoms with E-state index in [9.17, 15) is 18.0 Å². The lowest BCUT2D eigenvalue weighted by molar-refractivity contribution is 0.0599. The zero-order valence-corrected chi connectivity index (χ0v) is 17.9. The van der Waals surface area contributed by atoms with Crippen LogP contribution < -0.4 is 10.0 Å². The maximum Gasteiger partial charge on any atom is 0.338 e. The molecular weight excluding hydrogens is 416 g/mol. The highest BCUT2D eigenvalue weighted by Gasteiger charge is 2.21.